The Hall–Kier alpha value is -0.920. The summed E-state index contributed by atoms with van der Waals surface area (Å²) in [5.41, 5.74) is -0.779. The number of ether oxygens (including phenoxy) is 1. The van der Waals surface area contributed by atoms with E-state index in [0.717, 1.165) is 6.07 Å². The monoisotopic (exact) mass is 305 g/mol. The van der Waals surface area contributed by atoms with Crippen LogP contribution in [0.1, 0.15) is 17.7 Å². The van der Waals surface area contributed by atoms with E-state index in [1.807, 2.05) is 0 Å². The number of halogens is 6. The van der Waals surface area contributed by atoms with Gasteiger partial charge in [0.1, 0.15) is 10.4 Å². The first-order valence-corrected chi connectivity index (χ1v) is 4.71. The van der Waals surface area contributed by atoms with E-state index in [-0.39, 0.29) is 10.3 Å². The summed E-state index contributed by atoms with van der Waals surface area (Å²) < 4.78 is 63.9. The highest BCUT2D eigenvalue weighted by Gasteiger charge is 2.34. The van der Waals surface area contributed by atoms with E-state index in [1.165, 1.54) is 6.92 Å². The summed E-state index contributed by atoms with van der Waals surface area (Å²) in [6.07, 6.45) is -8.13. The van der Waals surface area contributed by atoms with Gasteiger partial charge in [-0.25, -0.2) is 13.8 Å². The largest absolute Gasteiger partial charge is 0.573 e. The highest BCUT2D eigenvalue weighted by Crippen LogP contribution is 2.37. The lowest BCUT2D eigenvalue weighted by atomic mass is 10.2. The van der Waals surface area contributed by atoms with Crippen LogP contribution >= 0.6 is 15.9 Å². The van der Waals surface area contributed by atoms with Crippen LogP contribution in [0.3, 0.4) is 0 Å². The van der Waals surface area contributed by atoms with Crippen molar-refractivity contribution in [2.45, 2.75) is 19.7 Å². The molecule has 1 aromatic rings. The zero-order valence-corrected chi connectivity index (χ0v) is 9.36. The van der Waals surface area contributed by atoms with Gasteiger partial charge in [-0.15, -0.1) is 13.2 Å². The summed E-state index contributed by atoms with van der Waals surface area (Å²) in [6, 6.07) is 0.805. The maximum Gasteiger partial charge on any atom is 0.573 e. The van der Waals surface area contributed by atoms with Crippen molar-refractivity contribution < 1.29 is 26.7 Å². The number of hydrogen-bond donors (Lipinski definition) is 0. The second-order valence-electron chi connectivity index (χ2n) is 2.81. The van der Waals surface area contributed by atoms with Crippen LogP contribution in [0.15, 0.2) is 10.7 Å². The average Bonchev–Trinajstić information content (AvgIpc) is 1.96. The molecule has 0 radical (unpaired) electrons. The highest BCUT2D eigenvalue weighted by atomic mass is 79.9. The molecule has 0 unspecified atom stereocenters. The summed E-state index contributed by atoms with van der Waals surface area (Å²) in [7, 11) is 0. The smallest absolute Gasteiger partial charge is 0.405 e. The van der Waals surface area contributed by atoms with Crippen LogP contribution in [0.25, 0.3) is 0 Å². The minimum atomic E-state index is -5.02. The molecule has 90 valence electrons. The molecule has 1 rings (SSSR count). The summed E-state index contributed by atoms with van der Waals surface area (Å²) in [5.74, 6) is -0.943. The fourth-order valence-electron chi connectivity index (χ4n) is 1.02. The van der Waals surface area contributed by atoms with Crippen LogP contribution in [0, 0.1) is 6.92 Å². The van der Waals surface area contributed by atoms with E-state index in [1.54, 1.807) is 0 Å². The third-order valence-electron chi connectivity index (χ3n) is 1.55. The van der Waals surface area contributed by atoms with Gasteiger partial charge in [-0.05, 0) is 22.9 Å². The molecule has 8 heteroatoms. The number of rotatable bonds is 2. The molecule has 16 heavy (non-hydrogen) atoms. The molecule has 0 aliphatic rings. The van der Waals surface area contributed by atoms with Gasteiger partial charge in [0.05, 0.1) is 5.56 Å². The Morgan fingerprint density at radius 2 is 1.94 bits per heavy atom. The molecular weight excluding hydrogens is 301 g/mol. The van der Waals surface area contributed by atoms with Gasteiger partial charge >= 0.3 is 6.36 Å². The van der Waals surface area contributed by atoms with E-state index >= 15 is 0 Å². The number of nitrogens with zero attached hydrogens (tertiary/aromatic N) is 1. The SMILES string of the molecule is Cc1cc(OC(F)(F)F)c(C(F)F)c(Br)n1. The zero-order valence-electron chi connectivity index (χ0n) is 7.78. The first-order valence-electron chi connectivity index (χ1n) is 3.91. The van der Waals surface area contributed by atoms with Gasteiger partial charge in [0.15, 0.2) is 0 Å². The Bertz CT molecular complexity index is 393. The molecule has 0 amide bonds. The molecule has 0 saturated heterocycles. The Labute approximate surface area is 95.6 Å². The van der Waals surface area contributed by atoms with E-state index in [4.69, 9.17) is 0 Å². The molecule has 1 heterocycles. The maximum absolute atomic E-state index is 12.5. The van der Waals surface area contributed by atoms with Crippen molar-refractivity contribution in [1.29, 1.82) is 0 Å². The second kappa shape index (κ2) is 4.52. The molecule has 1 aromatic heterocycles. The fraction of sp³-hybridized carbons (Fsp3) is 0.375. The Morgan fingerprint density at radius 3 is 2.38 bits per heavy atom. The van der Waals surface area contributed by atoms with E-state index in [2.05, 4.69) is 25.7 Å². The van der Waals surface area contributed by atoms with Crippen molar-refractivity contribution >= 4 is 15.9 Å². The van der Waals surface area contributed by atoms with Crippen molar-refractivity contribution in [1.82, 2.24) is 4.98 Å². The summed E-state index contributed by atoms with van der Waals surface area (Å²) >= 11 is 2.67. The topological polar surface area (TPSA) is 22.1 Å². The van der Waals surface area contributed by atoms with Crippen LogP contribution in [-0.2, 0) is 0 Å². The molecule has 0 saturated carbocycles. The normalized spacial score (nSPS) is 12.0. The van der Waals surface area contributed by atoms with Gasteiger partial charge in [-0.3, -0.25) is 0 Å². The van der Waals surface area contributed by atoms with Crippen molar-refractivity contribution in [3.63, 3.8) is 0 Å². The number of aromatic nitrogens is 1. The van der Waals surface area contributed by atoms with Crippen molar-refractivity contribution in [2.75, 3.05) is 0 Å². The molecule has 2 nitrogen and oxygen atoms in total. The lowest BCUT2D eigenvalue weighted by Gasteiger charge is -2.14. The Kier molecular flexibility index (Phi) is 3.72. The third kappa shape index (κ3) is 3.29. The zero-order chi connectivity index (χ0) is 12.5. The van der Waals surface area contributed by atoms with E-state index in [9.17, 15) is 22.0 Å². The van der Waals surface area contributed by atoms with Gasteiger partial charge < -0.3 is 4.74 Å². The van der Waals surface area contributed by atoms with Crippen molar-refractivity contribution in [3.05, 3.63) is 21.9 Å². The molecule has 0 aliphatic heterocycles. The molecule has 0 spiro atoms. The summed E-state index contributed by atoms with van der Waals surface area (Å²) in [6.45, 7) is 1.36. The van der Waals surface area contributed by atoms with Crippen LogP contribution in [0.2, 0.25) is 0 Å². The van der Waals surface area contributed by atoms with Gasteiger partial charge in [0, 0.05) is 11.8 Å². The summed E-state index contributed by atoms with van der Waals surface area (Å²) in [5, 5.41) is 0. The molecule has 0 atom stereocenters. The minimum Gasteiger partial charge on any atom is -0.405 e. The maximum atomic E-state index is 12.5. The predicted octanol–water partition coefficient (Wildman–Crippen LogP) is 3.99. The van der Waals surface area contributed by atoms with Gasteiger partial charge in [0.25, 0.3) is 6.43 Å². The average molecular weight is 306 g/mol. The first-order chi connectivity index (χ1) is 7.20. The van der Waals surface area contributed by atoms with E-state index < -0.39 is 24.1 Å². The minimum absolute atomic E-state index is 0.135. The van der Waals surface area contributed by atoms with Crippen LogP contribution in [0.5, 0.6) is 5.75 Å². The van der Waals surface area contributed by atoms with Gasteiger partial charge in [-0.2, -0.15) is 0 Å². The molecule has 0 aromatic carbocycles. The highest BCUT2D eigenvalue weighted by molar-refractivity contribution is 9.10. The first kappa shape index (κ1) is 13.1. The molecule has 0 aliphatic carbocycles. The fourth-order valence-corrected chi connectivity index (χ4v) is 1.67. The number of aryl methyl sites for hydroxylation is 1. The Morgan fingerprint density at radius 1 is 1.38 bits per heavy atom. The Balaban J connectivity index is 3.24. The van der Waals surface area contributed by atoms with E-state index in [0.29, 0.717) is 0 Å². The third-order valence-corrected chi connectivity index (χ3v) is 2.15. The predicted molar refractivity (Wildman–Crippen MR) is 48.3 cm³/mol. The molecular formula is C8H5BrF5NO. The molecule has 0 bridgehead atoms. The van der Waals surface area contributed by atoms with Crippen molar-refractivity contribution in [2.24, 2.45) is 0 Å². The number of hydrogen-bond acceptors (Lipinski definition) is 2. The van der Waals surface area contributed by atoms with Gasteiger partial charge in [0.2, 0.25) is 0 Å². The van der Waals surface area contributed by atoms with Gasteiger partial charge in [-0.1, -0.05) is 0 Å². The van der Waals surface area contributed by atoms with Crippen LogP contribution in [-0.4, -0.2) is 11.3 Å². The summed E-state index contributed by atoms with van der Waals surface area (Å²) in [4.78, 5) is 3.57. The van der Waals surface area contributed by atoms with Crippen molar-refractivity contribution in [3.8, 4) is 5.75 Å². The van der Waals surface area contributed by atoms with Crippen LogP contribution < -0.4 is 4.74 Å². The quantitative estimate of drug-likeness (QED) is 0.609. The second-order valence-corrected chi connectivity index (χ2v) is 3.57. The lowest BCUT2D eigenvalue weighted by Crippen LogP contribution is -2.18. The number of pyridine rings is 1. The molecule has 0 fully saturated rings. The number of alkyl halides is 5. The molecule has 0 N–H and O–H groups in total. The van der Waals surface area contributed by atoms with Crippen LogP contribution in [0.4, 0.5) is 22.0 Å². The lowest BCUT2D eigenvalue weighted by molar-refractivity contribution is -0.275. The standard InChI is InChI=1S/C8H5BrF5NO/c1-3-2-4(16-8(12,13)14)5(7(10)11)6(9)15-3/h2,7H,1H3.